The van der Waals surface area contributed by atoms with Crippen LogP contribution in [0.5, 0.6) is 0 Å². The fourth-order valence-electron chi connectivity index (χ4n) is 2.12. The molecule has 2 N–H and O–H groups in total. The van der Waals surface area contributed by atoms with Gasteiger partial charge < -0.3 is 10.3 Å². The van der Waals surface area contributed by atoms with Gasteiger partial charge in [0.2, 0.25) is 5.56 Å². The number of benzene rings is 1. The summed E-state index contributed by atoms with van der Waals surface area (Å²) < 4.78 is 13.0. The first-order chi connectivity index (χ1) is 9.97. The number of hydrogen-bond donors (Lipinski definition) is 2. The number of halogens is 1. The molecule has 2 rings (SSSR count). The number of rotatable bonds is 4. The molecule has 0 aliphatic carbocycles. The molecule has 0 saturated heterocycles. The predicted molar refractivity (Wildman–Crippen MR) is 78.5 cm³/mol. The maximum Gasteiger partial charge on any atom is 0.252 e. The van der Waals surface area contributed by atoms with Gasteiger partial charge in [0.25, 0.3) is 5.91 Å². The number of aromatic nitrogens is 1. The Morgan fingerprint density at radius 1 is 1.19 bits per heavy atom. The summed E-state index contributed by atoms with van der Waals surface area (Å²) >= 11 is 0. The van der Waals surface area contributed by atoms with E-state index in [-0.39, 0.29) is 29.2 Å². The highest BCUT2D eigenvalue weighted by Crippen LogP contribution is 2.22. The summed E-state index contributed by atoms with van der Waals surface area (Å²) in [5.41, 5.74) is 0.793. The van der Waals surface area contributed by atoms with Crippen LogP contribution < -0.4 is 10.9 Å². The number of aromatic amines is 1. The first kappa shape index (κ1) is 15.0. The third kappa shape index (κ3) is 3.78. The van der Waals surface area contributed by atoms with E-state index in [1.54, 1.807) is 18.2 Å². The van der Waals surface area contributed by atoms with Crippen molar-refractivity contribution < 1.29 is 9.18 Å². The highest BCUT2D eigenvalue weighted by molar-refractivity contribution is 5.94. The van der Waals surface area contributed by atoms with Crippen LogP contribution in [0.3, 0.4) is 0 Å². The molecule has 0 fully saturated rings. The van der Waals surface area contributed by atoms with Crippen molar-refractivity contribution >= 4 is 5.91 Å². The average Bonchev–Trinajstić information content (AvgIpc) is 2.45. The molecule has 4 nitrogen and oxygen atoms in total. The smallest absolute Gasteiger partial charge is 0.252 e. The van der Waals surface area contributed by atoms with E-state index in [9.17, 15) is 14.0 Å². The summed E-state index contributed by atoms with van der Waals surface area (Å²) in [7, 11) is 0. The van der Waals surface area contributed by atoms with E-state index in [4.69, 9.17) is 0 Å². The number of carbonyl (C=O) groups excluding carboxylic acids is 1. The Morgan fingerprint density at radius 3 is 2.43 bits per heavy atom. The van der Waals surface area contributed by atoms with Gasteiger partial charge in [0.05, 0.1) is 6.04 Å². The maximum absolute atomic E-state index is 13.0. The Kier molecular flexibility index (Phi) is 4.52. The van der Waals surface area contributed by atoms with Gasteiger partial charge in [-0.25, -0.2) is 4.39 Å². The van der Waals surface area contributed by atoms with Crippen molar-refractivity contribution in [3.8, 4) is 0 Å². The van der Waals surface area contributed by atoms with Crippen molar-refractivity contribution in [3.63, 3.8) is 0 Å². The molecular formula is C16H17FN2O2. The SMILES string of the molecule is CC(C)C(NC(=O)c1cc[nH]c(=O)c1)c1ccc(F)cc1. The van der Waals surface area contributed by atoms with Gasteiger partial charge in [-0.1, -0.05) is 26.0 Å². The number of amides is 1. The maximum atomic E-state index is 13.0. The van der Waals surface area contributed by atoms with Gasteiger partial charge in [-0.3, -0.25) is 9.59 Å². The van der Waals surface area contributed by atoms with Gasteiger partial charge in [0.15, 0.2) is 0 Å². The molecule has 0 radical (unpaired) electrons. The topological polar surface area (TPSA) is 62.0 Å². The van der Waals surface area contributed by atoms with Crippen LogP contribution in [0, 0.1) is 11.7 Å². The molecule has 1 aromatic carbocycles. The summed E-state index contributed by atoms with van der Waals surface area (Å²) in [5, 5.41) is 2.88. The molecule has 21 heavy (non-hydrogen) atoms. The van der Waals surface area contributed by atoms with E-state index in [0.29, 0.717) is 5.56 Å². The quantitative estimate of drug-likeness (QED) is 0.908. The van der Waals surface area contributed by atoms with E-state index >= 15 is 0 Å². The van der Waals surface area contributed by atoms with Gasteiger partial charge in [0.1, 0.15) is 5.82 Å². The van der Waals surface area contributed by atoms with E-state index in [1.165, 1.54) is 24.4 Å². The minimum Gasteiger partial charge on any atom is -0.345 e. The Labute approximate surface area is 122 Å². The summed E-state index contributed by atoms with van der Waals surface area (Å²) in [6, 6.07) is 8.57. The summed E-state index contributed by atoms with van der Waals surface area (Å²) in [6.07, 6.45) is 1.43. The van der Waals surface area contributed by atoms with Gasteiger partial charge in [0, 0.05) is 17.8 Å². The molecule has 1 atom stereocenters. The van der Waals surface area contributed by atoms with Gasteiger partial charge >= 0.3 is 0 Å². The lowest BCUT2D eigenvalue weighted by atomic mass is 9.95. The van der Waals surface area contributed by atoms with Crippen LogP contribution in [0.4, 0.5) is 4.39 Å². The molecule has 1 unspecified atom stereocenters. The standard InChI is InChI=1S/C16H17FN2O2/c1-10(2)15(11-3-5-13(17)6-4-11)19-16(21)12-7-8-18-14(20)9-12/h3-10,15H,1-2H3,(H,18,20)(H,19,21). The third-order valence-corrected chi connectivity index (χ3v) is 3.22. The lowest BCUT2D eigenvalue weighted by Crippen LogP contribution is -2.32. The van der Waals surface area contributed by atoms with Crippen molar-refractivity contribution in [3.05, 3.63) is 69.9 Å². The highest BCUT2D eigenvalue weighted by Gasteiger charge is 2.19. The predicted octanol–water partition coefficient (Wildman–Crippen LogP) is 2.64. The van der Waals surface area contributed by atoms with Crippen molar-refractivity contribution in [2.24, 2.45) is 5.92 Å². The van der Waals surface area contributed by atoms with E-state index in [0.717, 1.165) is 5.56 Å². The van der Waals surface area contributed by atoms with Crippen molar-refractivity contribution in [1.82, 2.24) is 10.3 Å². The molecule has 0 aliphatic rings. The van der Waals surface area contributed by atoms with Crippen LogP contribution in [-0.2, 0) is 0 Å². The molecule has 5 heteroatoms. The van der Waals surface area contributed by atoms with Crippen LogP contribution in [0.2, 0.25) is 0 Å². The largest absolute Gasteiger partial charge is 0.345 e. The number of nitrogens with one attached hydrogen (secondary N) is 2. The average molecular weight is 288 g/mol. The molecule has 1 heterocycles. The van der Waals surface area contributed by atoms with Crippen molar-refractivity contribution in [2.75, 3.05) is 0 Å². The summed E-state index contributed by atoms with van der Waals surface area (Å²) in [6.45, 7) is 3.93. The zero-order valence-corrected chi connectivity index (χ0v) is 11.9. The third-order valence-electron chi connectivity index (χ3n) is 3.22. The second-order valence-corrected chi connectivity index (χ2v) is 5.19. The Bertz CT molecular complexity index is 677. The normalized spacial score (nSPS) is 12.2. The van der Waals surface area contributed by atoms with Gasteiger partial charge in [-0.2, -0.15) is 0 Å². The molecule has 1 aromatic heterocycles. The van der Waals surface area contributed by atoms with Crippen LogP contribution in [-0.4, -0.2) is 10.9 Å². The highest BCUT2D eigenvalue weighted by atomic mass is 19.1. The fraction of sp³-hybridized carbons (Fsp3) is 0.250. The van der Waals surface area contributed by atoms with Crippen LogP contribution in [0.15, 0.2) is 47.4 Å². The zero-order valence-electron chi connectivity index (χ0n) is 11.9. The molecule has 0 saturated carbocycles. The Morgan fingerprint density at radius 2 is 1.86 bits per heavy atom. The lowest BCUT2D eigenvalue weighted by Gasteiger charge is -2.23. The molecule has 110 valence electrons. The monoisotopic (exact) mass is 288 g/mol. The second kappa shape index (κ2) is 6.35. The molecule has 0 bridgehead atoms. The fourth-order valence-corrected chi connectivity index (χ4v) is 2.12. The van der Waals surface area contributed by atoms with Crippen molar-refractivity contribution in [1.29, 1.82) is 0 Å². The van der Waals surface area contributed by atoms with Crippen LogP contribution in [0.1, 0.15) is 35.8 Å². The first-order valence-electron chi connectivity index (χ1n) is 6.72. The van der Waals surface area contributed by atoms with E-state index < -0.39 is 0 Å². The summed E-state index contributed by atoms with van der Waals surface area (Å²) in [4.78, 5) is 25.9. The molecule has 0 spiro atoms. The Balaban J connectivity index is 2.22. The zero-order chi connectivity index (χ0) is 15.4. The lowest BCUT2D eigenvalue weighted by molar-refractivity contribution is 0.0925. The summed E-state index contributed by atoms with van der Waals surface area (Å²) in [5.74, 6) is -0.521. The van der Waals surface area contributed by atoms with Crippen molar-refractivity contribution in [2.45, 2.75) is 19.9 Å². The van der Waals surface area contributed by atoms with Gasteiger partial charge in [-0.05, 0) is 29.7 Å². The number of hydrogen-bond acceptors (Lipinski definition) is 2. The molecule has 0 aliphatic heterocycles. The van der Waals surface area contributed by atoms with Gasteiger partial charge in [-0.15, -0.1) is 0 Å². The molecule has 2 aromatic rings. The minimum atomic E-state index is -0.330. The van der Waals surface area contributed by atoms with Crippen LogP contribution in [0.25, 0.3) is 0 Å². The Hall–Kier alpha value is -2.43. The number of pyridine rings is 1. The van der Waals surface area contributed by atoms with E-state index in [1.807, 2.05) is 13.8 Å². The second-order valence-electron chi connectivity index (χ2n) is 5.19. The number of H-pyrrole nitrogens is 1. The van der Waals surface area contributed by atoms with Crippen LogP contribution >= 0.6 is 0 Å². The van der Waals surface area contributed by atoms with E-state index in [2.05, 4.69) is 10.3 Å². The first-order valence-corrected chi connectivity index (χ1v) is 6.72. The number of carbonyl (C=O) groups is 1. The minimum absolute atomic E-state index is 0.126. The molecular weight excluding hydrogens is 271 g/mol. The molecule has 1 amide bonds.